The Morgan fingerprint density at radius 2 is 1.75 bits per heavy atom. The number of hydrogen-bond donors (Lipinski definition) is 0. The Bertz CT molecular complexity index is 480. The predicted octanol–water partition coefficient (Wildman–Crippen LogP) is 2.58. The molecule has 6 nitrogen and oxygen atoms in total. The molecule has 6 heteroatoms. The second kappa shape index (κ2) is 7.07. The van der Waals surface area contributed by atoms with Crippen molar-refractivity contribution in [2.45, 2.75) is 51.9 Å². The highest BCUT2D eigenvalue weighted by Gasteiger charge is 2.35. The SMILES string of the molecule is CCCCCCCCCN1C(=O)N=C2N=CN=C2C1=O. The summed E-state index contributed by atoms with van der Waals surface area (Å²) in [5, 5.41) is 0. The van der Waals surface area contributed by atoms with Gasteiger partial charge in [0, 0.05) is 6.54 Å². The van der Waals surface area contributed by atoms with Crippen LogP contribution in [-0.2, 0) is 4.79 Å². The number of unbranched alkanes of at least 4 members (excludes halogenated alkanes) is 6. The van der Waals surface area contributed by atoms with Crippen LogP contribution in [-0.4, -0.2) is 41.3 Å². The van der Waals surface area contributed by atoms with Crippen molar-refractivity contribution in [3.05, 3.63) is 0 Å². The standard InChI is InChI=1S/C14H20N4O2/c1-2-3-4-5-6-7-8-9-18-13(19)11-12(16-10-15-11)17-14(18)20/h10H,2-9H2,1H3. The highest BCUT2D eigenvalue weighted by atomic mass is 16.2. The summed E-state index contributed by atoms with van der Waals surface area (Å²) in [4.78, 5) is 36.4. The average Bonchev–Trinajstić information content (AvgIpc) is 2.89. The van der Waals surface area contributed by atoms with Gasteiger partial charge in [-0.1, -0.05) is 45.4 Å². The van der Waals surface area contributed by atoms with Gasteiger partial charge in [-0.3, -0.25) is 9.69 Å². The van der Waals surface area contributed by atoms with Gasteiger partial charge in [-0.2, -0.15) is 4.99 Å². The number of urea groups is 1. The summed E-state index contributed by atoms with van der Waals surface area (Å²) in [5.41, 5.74) is 0.188. The topological polar surface area (TPSA) is 74.5 Å². The molecule has 2 heterocycles. The van der Waals surface area contributed by atoms with Crippen molar-refractivity contribution in [1.82, 2.24) is 4.90 Å². The molecule has 0 atom stereocenters. The molecule has 108 valence electrons. The Morgan fingerprint density at radius 3 is 2.50 bits per heavy atom. The molecule has 2 aliphatic rings. The Morgan fingerprint density at radius 1 is 1.05 bits per heavy atom. The van der Waals surface area contributed by atoms with E-state index in [4.69, 9.17) is 0 Å². The number of hydrogen-bond acceptors (Lipinski definition) is 4. The van der Waals surface area contributed by atoms with Crippen molar-refractivity contribution in [3.8, 4) is 0 Å². The lowest BCUT2D eigenvalue weighted by atomic mass is 10.1. The first-order chi connectivity index (χ1) is 9.74. The van der Waals surface area contributed by atoms with Gasteiger partial charge in [0.1, 0.15) is 6.34 Å². The molecule has 0 radical (unpaired) electrons. The van der Waals surface area contributed by atoms with Crippen LogP contribution in [0, 0.1) is 0 Å². The first kappa shape index (κ1) is 14.6. The second-order valence-corrected chi connectivity index (χ2v) is 5.02. The van der Waals surface area contributed by atoms with Crippen LogP contribution in [0.4, 0.5) is 4.79 Å². The molecule has 0 spiro atoms. The van der Waals surface area contributed by atoms with Gasteiger partial charge in [-0.15, -0.1) is 0 Å². The third-order valence-corrected chi connectivity index (χ3v) is 3.44. The first-order valence-corrected chi connectivity index (χ1v) is 7.29. The lowest BCUT2D eigenvalue weighted by Crippen LogP contribution is -2.46. The van der Waals surface area contributed by atoms with Crippen LogP contribution in [0.25, 0.3) is 0 Å². The van der Waals surface area contributed by atoms with E-state index in [9.17, 15) is 9.59 Å². The van der Waals surface area contributed by atoms with Crippen LogP contribution in [0.3, 0.4) is 0 Å². The lowest BCUT2D eigenvalue weighted by molar-refractivity contribution is -0.121. The van der Waals surface area contributed by atoms with E-state index in [0.29, 0.717) is 6.54 Å². The number of imide groups is 1. The number of amidine groups is 1. The number of fused-ring (bicyclic) bond motifs is 1. The number of carbonyl (C=O) groups is 2. The van der Waals surface area contributed by atoms with Crippen LogP contribution in [0.2, 0.25) is 0 Å². The molecule has 20 heavy (non-hydrogen) atoms. The summed E-state index contributed by atoms with van der Waals surface area (Å²) in [6.45, 7) is 2.61. The van der Waals surface area contributed by atoms with Crippen LogP contribution in [0.15, 0.2) is 15.0 Å². The molecule has 0 saturated carbocycles. The molecule has 2 rings (SSSR count). The van der Waals surface area contributed by atoms with Crippen LogP contribution in [0.5, 0.6) is 0 Å². The minimum atomic E-state index is -0.519. The van der Waals surface area contributed by atoms with Crippen molar-refractivity contribution >= 4 is 29.8 Å². The molecule has 0 aliphatic carbocycles. The highest BCUT2D eigenvalue weighted by Crippen LogP contribution is 2.12. The van der Waals surface area contributed by atoms with E-state index in [1.165, 1.54) is 36.9 Å². The van der Waals surface area contributed by atoms with Crippen molar-refractivity contribution in [3.63, 3.8) is 0 Å². The molecule has 3 amide bonds. The minimum absolute atomic E-state index is 0.149. The normalized spacial score (nSPS) is 17.4. The lowest BCUT2D eigenvalue weighted by Gasteiger charge is -2.21. The summed E-state index contributed by atoms with van der Waals surface area (Å²) < 4.78 is 0. The second-order valence-electron chi connectivity index (χ2n) is 5.02. The molecule has 0 aromatic carbocycles. The van der Waals surface area contributed by atoms with Crippen molar-refractivity contribution in [2.75, 3.05) is 6.54 Å². The predicted molar refractivity (Wildman–Crippen MR) is 78.5 cm³/mol. The maximum atomic E-state index is 12.0. The van der Waals surface area contributed by atoms with E-state index in [2.05, 4.69) is 21.9 Å². The van der Waals surface area contributed by atoms with E-state index in [1.54, 1.807) is 0 Å². The molecular weight excluding hydrogens is 256 g/mol. The summed E-state index contributed by atoms with van der Waals surface area (Å²) in [7, 11) is 0. The Kier molecular flexibility index (Phi) is 5.15. The smallest absolute Gasteiger partial charge is 0.267 e. The third kappa shape index (κ3) is 3.37. The largest absolute Gasteiger partial charge is 0.352 e. The van der Waals surface area contributed by atoms with E-state index in [-0.39, 0.29) is 17.5 Å². The van der Waals surface area contributed by atoms with Crippen molar-refractivity contribution < 1.29 is 9.59 Å². The summed E-state index contributed by atoms with van der Waals surface area (Å²) in [6.07, 6.45) is 9.26. The number of aliphatic imine (C=N–C) groups is 3. The number of nitrogens with zero attached hydrogens (tertiary/aromatic N) is 4. The molecular formula is C14H20N4O2. The zero-order valence-corrected chi connectivity index (χ0v) is 11.8. The first-order valence-electron chi connectivity index (χ1n) is 7.29. The van der Waals surface area contributed by atoms with E-state index in [1.807, 2.05) is 0 Å². The van der Waals surface area contributed by atoms with Gasteiger partial charge < -0.3 is 0 Å². The molecule has 0 N–H and O–H groups in total. The molecule has 0 unspecified atom stereocenters. The van der Waals surface area contributed by atoms with Crippen LogP contribution < -0.4 is 0 Å². The van der Waals surface area contributed by atoms with Gasteiger partial charge in [0.25, 0.3) is 5.91 Å². The number of carbonyl (C=O) groups excluding carboxylic acids is 2. The van der Waals surface area contributed by atoms with E-state index in [0.717, 1.165) is 19.3 Å². The average molecular weight is 276 g/mol. The Balaban J connectivity index is 1.74. The van der Waals surface area contributed by atoms with Crippen LogP contribution >= 0.6 is 0 Å². The zero-order chi connectivity index (χ0) is 14.4. The van der Waals surface area contributed by atoms with Gasteiger partial charge in [0.15, 0.2) is 11.5 Å². The quantitative estimate of drug-likeness (QED) is 0.639. The van der Waals surface area contributed by atoms with Crippen molar-refractivity contribution in [2.24, 2.45) is 15.0 Å². The zero-order valence-electron chi connectivity index (χ0n) is 11.8. The molecule has 0 saturated heterocycles. The third-order valence-electron chi connectivity index (χ3n) is 3.44. The minimum Gasteiger partial charge on any atom is -0.267 e. The Labute approximate surface area is 118 Å². The van der Waals surface area contributed by atoms with Gasteiger partial charge in [-0.25, -0.2) is 14.8 Å². The fourth-order valence-corrected chi connectivity index (χ4v) is 2.28. The monoisotopic (exact) mass is 276 g/mol. The fraction of sp³-hybridized carbons (Fsp3) is 0.643. The van der Waals surface area contributed by atoms with E-state index < -0.39 is 6.03 Å². The molecule has 0 aromatic heterocycles. The maximum Gasteiger partial charge on any atom is 0.352 e. The van der Waals surface area contributed by atoms with E-state index >= 15 is 0 Å². The molecule has 0 aromatic rings. The maximum absolute atomic E-state index is 12.0. The molecule has 0 bridgehead atoms. The number of rotatable bonds is 8. The fourth-order valence-electron chi connectivity index (χ4n) is 2.28. The van der Waals surface area contributed by atoms with Gasteiger partial charge >= 0.3 is 6.03 Å². The van der Waals surface area contributed by atoms with Gasteiger partial charge in [-0.05, 0) is 6.42 Å². The molecule has 2 aliphatic heterocycles. The van der Waals surface area contributed by atoms with Crippen molar-refractivity contribution in [1.29, 1.82) is 0 Å². The summed E-state index contributed by atoms with van der Waals surface area (Å²) in [5.74, 6) is -0.223. The van der Waals surface area contributed by atoms with Gasteiger partial charge in [0.05, 0.1) is 0 Å². The summed E-state index contributed by atoms with van der Waals surface area (Å²) in [6, 6.07) is -0.519. The summed E-state index contributed by atoms with van der Waals surface area (Å²) >= 11 is 0. The highest BCUT2D eigenvalue weighted by molar-refractivity contribution is 6.71. The van der Waals surface area contributed by atoms with Gasteiger partial charge in [0.2, 0.25) is 0 Å². The Hall–Kier alpha value is -1.85. The number of amides is 3. The molecule has 0 fully saturated rings. The van der Waals surface area contributed by atoms with Crippen LogP contribution in [0.1, 0.15) is 51.9 Å².